The van der Waals surface area contributed by atoms with Crippen molar-refractivity contribution >= 4 is 18.3 Å². The first-order chi connectivity index (χ1) is 9.86. The normalized spacial score (nSPS) is 21.8. The van der Waals surface area contributed by atoms with Gasteiger partial charge in [0.05, 0.1) is 5.56 Å². The molecule has 124 valence electrons. The number of nitrogens with two attached hydrogens (primary N) is 1. The first kappa shape index (κ1) is 18.8. The van der Waals surface area contributed by atoms with Crippen LogP contribution in [0.15, 0.2) is 24.3 Å². The molecule has 0 saturated heterocycles. The third kappa shape index (κ3) is 5.18. The maximum Gasteiger partial charge on any atom is 0.416 e. The summed E-state index contributed by atoms with van der Waals surface area (Å²) in [4.78, 5) is 12.0. The smallest absolute Gasteiger partial charge is 0.352 e. The van der Waals surface area contributed by atoms with Gasteiger partial charge in [0.2, 0.25) is 5.91 Å². The minimum Gasteiger partial charge on any atom is -0.352 e. The van der Waals surface area contributed by atoms with Crippen LogP contribution >= 0.6 is 12.4 Å². The van der Waals surface area contributed by atoms with Crippen LogP contribution in [-0.4, -0.2) is 11.9 Å². The Labute approximate surface area is 133 Å². The Morgan fingerprint density at radius 3 is 2.68 bits per heavy atom. The van der Waals surface area contributed by atoms with Gasteiger partial charge in [-0.15, -0.1) is 12.4 Å². The number of amides is 1. The molecule has 1 fully saturated rings. The number of nitrogens with one attached hydrogen (secondary N) is 1. The molecule has 1 aromatic rings. The summed E-state index contributed by atoms with van der Waals surface area (Å²) in [6.45, 7) is 0.106. The summed E-state index contributed by atoms with van der Waals surface area (Å²) < 4.78 is 37.8. The summed E-state index contributed by atoms with van der Waals surface area (Å²) in [5.41, 5.74) is 5.58. The average Bonchev–Trinajstić information content (AvgIpc) is 2.44. The lowest BCUT2D eigenvalue weighted by atomic mass is 9.85. The van der Waals surface area contributed by atoms with Crippen LogP contribution in [0.4, 0.5) is 13.2 Å². The third-order valence-corrected chi connectivity index (χ3v) is 3.81. The minimum absolute atomic E-state index is 0. The monoisotopic (exact) mass is 336 g/mol. The summed E-state index contributed by atoms with van der Waals surface area (Å²) in [5.74, 6) is -0.248. The highest BCUT2D eigenvalue weighted by atomic mass is 35.5. The number of carbonyl (C=O) groups excluding carboxylic acids is 1. The van der Waals surface area contributed by atoms with E-state index in [9.17, 15) is 18.0 Å². The van der Waals surface area contributed by atoms with Gasteiger partial charge in [0.25, 0.3) is 0 Å². The maximum atomic E-state index is 12.6. The molecule has 2 rings (SSSR count). The van der Waals surface area contributed by atoms with E-state index >= 15 is 0 Å². The number of halogens is 4. The van der Waals surface area contributed by atoms with E-state index in [4.69, 9.17) is 5.73 Å². The molecule has 1 aliphatic rings. The standard InChI is InChI=1S/C15H19F3N2O.ClH/c16-15(17,18)12-5-1-3-10(7-12)9-20-14(21)11-4-2-6-13(19)8-11;/h1,3,5,7,11,13H,2,4,6,8-9,19H2,(H,20,21);1H. The first-order valence-electron chi connectivity index (χ1n) is 7.05. The van der Waals surface area contributed by atoms with E-state index in [-0.39, 0.29) is 36.8 Å². The third-order valence-electron chi connectivity index (χ3n) is 3.81. The average molecular weight is 337 g/mol. The molecule has 2 unspecified atom stereocenters. The second-order valence-electron chi connectivity index (χ2n) is 5.54. The second kappa shape index (κ2) is 7.83. The van der Waals surface area contributed by atoms with Crippen molar-refractivity contribution in [2.24, 2.45) is 11.7 Å². The van der Waals surface area contributed by atoms with Crippen LogP contribution in [0.2, 0.25) is 0 Å². The molecule has 3 N–H and O–H groups in total. The van der Waals surface area contributed by atoms with Gasteiger partial charge < -0.3 is 11.1 Å². The molecule has 0 aromatic heterocycles. The van der Waals surface area contributed by atoms with Gasteiger partial charge in [0, 0.05) is 18.5 Å². The molecule has 22 heavy (non-hydrogen) atoms. The number of rotatable bonds is 3. The number of hydrogen-bond donors (Lipinski definition) is 2. The van der Waals surface area contributed by atoms with Crippen molar-refractivity contribution in [3.8, 4) is 0 Å². The fourth-order valence-electron chi connectivity index (χ4n) is 2.66. The molecule has 3 nitrogen and oxygen atoms in total. The summed E-state index contributed by atoms with van der Waals surface area (Å²) in [7, 11) is 0. The van der Waals surface area contributed by atoms with Gasteiger partial charge in [-0.2, -0.15) is 13.2 Å². The Kier molecular flexibility index (Phi) is 6.68. The predicted octanol–water partition coefficient (Wildman–Crippen LogP) is 3.26. The van der Waals surface area contributed by atoms with Crippen molar-refractivity contribution in [2.75, 3.05) is 0 Å². The molecule has 1 amide bonds. The van der Waals surface area contributed by atoms with Crippen molar-refractivity contribution in [1.82, 2.24) is 5.32 Å². The van der Waals surface area contributed by atoms with E-state index in [1.165, 1.54) is 6.07 Å². The molecule has 0 bridgehead atoms. The Hall–Kier alpha value is -1.27. The topological polar surface area (TPSA) is 55.1 Å². The largest absolute Gasteiger partial charge is 0.416 e. The van der Waals surface area contributed by atoms with Crippen molar-refractivity contribution in [3.05, 3.63) is 35.4 Å². The van der Waals surface area contributed by atoms with Crippen LogP contribution in [0.1, 0.15) is 36.8 Å². The van der Waals surface area contributed by atoms with Gasteiger partial charge >= 0.3 is 6.18 Å². The summed E-state index contributed by atoms with van der Waals surface area (Å²) in [6, 6.07) is 5.05. The Morgan fingerprint density at radius 2 is 2.05 bits per heavy atom. The van der Waals surface area contributed by atoms with Crippen LogP contribution in [0.5, 0.6) is 0 Å². The highest BCUT2D eigenvalue weighted by molar-refractivity contribution is 5.85. The molecule has 1 saturated carbocycles. The number of hydrogen-bond acceptors (Lipinski definition) is 2. The summed E-state index contributed by atoms with van der Waals surface area (Å²) in [6.07, 6.45) is -1.08. The lowest BCUT2D eigenvalue weighted by Crippen LogP contribution is -2.37. The number of carbonyl (C=O) groups is 1. The van der Waals surface area contributed by atoms with E-state index in [1.54, 1.807) is 6.07 Å². The summed E-state index contributed by atoms with van der Waals surface area (Å²) >= 11 is 0. The van der Waals surface area contributed by atoms with Crippen molar-refractivity contribution in [3.63, 3.8) is 0 Å². The Balaban J connectivity index is 0.00000242. The molecule has 0 radical (unpaired) electrons. The molecule has 0 aliphatic heterocycles. The van der Waals surface area contributed by atoms with E-state index in [0.29, 0.717) is 12.0 Å². The highest BCUT2D eigenvalue weighted by Gasteiger charge is 2.30. The molecule has 1 aliphatic carbocycles. The predicted molar refractivity (Wildman–Crippen MR) is 80.5 cm³/mol. The molecular weight excluding hydrogens is 317 g/mol. The lowest BCUT2D eigenvalue weighted by Gasteiger charge is -2.25. The van der Waals surface area contributed by atoms with Crippen LogP contribution in [0.25, 0.3) is 0 Å². The zero-order valence-corrected chi connectivity index (χ0v) is 12.8. The first-order valence-corrected chi connectivity index (χ1v) is 7.05. The van der Waals surface area contributed by atoms with Gasteiger partial charge in [0.1, 0.15) is 0 Å². The van der Waals surface area contributed by atoms with E-state index in [2.05, 4.69) is 5.32 Å². The fourth-order valence-corrected chi connectivity index (χ4v) is 2.66. The highest BCUT2D eigenvalue weighted by Crippen LogP contribution is 2.29. The SMILES string of the molecule is Cl.NC1CCCC(C(=O)NCc2cccc(C(F)(F)F)c2)C1. The second-order valence-corrected chi connectivity index (χ2v) is 5.54. The minimum atomic E-state index is -4.36. The van der Waals surface area contributed by atoms with Gasteiger partial charge in [0.15, 0.2) is 0 Å². The van der Waals surface area contributed by atoms with Crippen LogP contribution in [0, 0.1) is 5.92 Å². The van der Waals surface area contributed by atoms with E-state index in [0.717, 1.165) is 31.4 Å². The quantitative estimate of drug-likeness (QED) is 0.890. The van der Waals surface area contributed by atoms with Crippen LogP contribution < -0.4 is 11.1 Å². The molecule has 2 atom stereocenters. The molecule has 7 heteroatoms. The van der Waals surface area contributed by atoms with Crippen molar-refractivity contribution < 1.29 is 18.0 Å². The molecule has 0 heterocycles. The van der Waals surface area contributed by atoms with Crippen LogP contribution in [-0.2, 0) is 17.5 Å². The lowest BCUT2D eigenvalue weighted by molar-refractivity contribution is -0.137. The zero-order valence-electron chi connectivity index (χ0n) is 12.0. The maximum absolute atomic E-state index is 12.6. The Morgan fingerprint density at radius 1 is 1.32 bits per heavy atom. The van der Waals surface area contributed by atoms with Gasteiger partial charge in [-0.1, -0.05) is 18.6 Å². The molecular formula is C15H20ClF3N2O. The van der Waals surface area contributed by atoms with E-state index in [1.807, 2.05) is 0 Å². The number of alkyl halides is 3. The van der Waals surface area contributed by atoms with Crippen LogP contribution in [0.3, 0.4) is 0 Å². The summed E-state index contributed by atoms with van der Waals surface area (Å²) in [5, 5.41) is 2.71. The molecule has 0 spiro atoms. The fraction of sp³-hybridized carbons (Fsp3) is 0.533. The molecule has 1 aromatic carbocycles. The van der Waals surface area contributed by atoms with Gasteiger partial charge in [-0.3, -0.25) is 4.79 Å². The van der Waals surface area contributed by atoms with E-state index < -0.39 is 11.7 Å². The van der Waals surface area contributed by atoms with Gasteiger partial charge in [-0.05, 0) is 37.0 Å². The van der Waals surface area contributed by atoms with Crippen molar-refractivity contribution in [1.29, 1.82) is 0 Å². The van der Waals surface area contributed by atoms with Crippen molar-refractivity contribution in [2.45, 2.75) is 44.4 Å². The van der Waals surface area contributed by atoms with Gasteiger partial charge in [-0.25, -0.2) is 0 Å². The Bertz CT molecular complexity index is 508. The zero-order chi connectivity index (χ0) is 15.5. The number of benzene rings is 1.